The van der Waals surface area contributed by atoms with Crippen LogP contribution in [-0.2, 0) is 28.8 Å². The summed E-state index contributed by atoms with van der Waals surface area (Å²) < 4.78 is 9.54. The number of allylic oxidation sites excluding steroid dienone is 1. The molecule has 1 aromatic heterocycles. The number of aromatic nitrogens is 2. The number of anilines is 2. The number of nitrogens with zero attached hydrogens (tertiary/aromatic N) is 4. The number of esters is 1. The lowest BCUT2D eigenvalue weighted by Gasteiger charge is -2.41. The Kier molecular flexibility index (Phi) is 6.52. The van der Waals surface area contributed by atoms with Gasteiger partial charge in [0, 0.05) is 19.4 Å². The Hall–Kier alpha value is -3.87. The third-order valence-corrected chi connectivity index (χ3v) is 8.18. The first-order chi connectivity index (χ1) is 18.6. The number of carbonyl (C=O) groups excluding carboxylic acids is 2. The molecule has 3 heterocycles. The smallest absolute Gasteiger partial charge is 0.338 e. The summed E-state index contributed by atoms with van der Waals surface area (Å²) >= 11 is 0. The fourth-order valence-corrected chi connectivity index (χ4v) is 6.35. The Morgan fingerprint density at radius 2 is 1.92 bits per heavy atom. The number of ether oxygens (including phenoxy) is 1. The van der Waals surface area contributed by atoms with Crippen LogP contribution >= 0.6 is 0 Å². The van der Waals surface area contributed by atoms with Crippen molar-refractivity contribution in [2.45, 2.75) is 57.2 Å². The molecule has 1 atom stereocenters. The van der Waals surface area contributed by atoms with Crippen molar-refractivity contribution in [3.8, 4) is 0 Å². The van der Waals surface area contributed by atoms with Crippen LogP contribution in [0.3, 0.4) is 0 Å². The molecule has 0 spiro atoms. The summed E-state index contributed by atoms with van der Waals surface area (Å²) in [5.74, 6) is -0.271. The Balaban J connectivity index is 1.31. The topological polar surface area (TPSA) is 58.7 Å². The van der Waals surface area contributed by atoms with Gasteiger partial charge in [-0.15, -0.1) is 0 Å². The fraction of sp³-hybridized carbons (Fsp3) is 0.387. The normalized spacial score (nSPS) is 20.3. The zero-order chi connectivity index (χ0) is 26.1. The molecule has 1 saturated heterocycles. The number of imidazole rings is 1. The van der Waals surface area contributed by atoms with Gasteiger partial charge < -0.3 is 9.64 Å². The number of hydrogen-bond donors (Lipinski definition) is 0. The lowest BCUT2D eigenvalue weighted by Crippen LogP contribution is -2.52. The average Bonchev–Trinajstić information content (AvgIpc) is 3.60. The highest BCUT2D eigenvalue weighted by molar-refractivity contribution is 6.06. The maximum atomic E-state index is 13.4. The van der Waals surface area contributed by atoms with Crippen LogP contribution in [0.5, 0.6) is 0 Å². The van der Waals surface area contributed by atoms with Gasteiger partial charge in [-0.3, -0.25) is 9.69 Å². The molecule has 196 valence electrons. The van der Waals surface area contributed by atoms with Gasteiger partial charge in [0.2, 0.25) is 12.2 Å². The molecule has 2 aliphatic heterocycles. The maximum absolute atomic E-state index is 13.4. The first-order valence-electron chi connectivity index (χ1n) is 13.7. The molecule has 2 aromatic carbocycles. The average molecular weight is 512 g/mol. The van der Waals surface area contributed by atoms with Gasteiger partial charge in [0.05, 0.1) is 24.0 Å². The maximum Gasteiger partial charge on any atom is 0.338 e. The summed E-state index contributed by atoms with van der Waals surface area (Å²) in [6.45, 7) is 1.70. The van der Waals surface area contributed by atoms with Crippen molar-refractivity contribution in [3.63, 3.8) is 0 Å². The van der Waals surface area contributed by atoms with E-state index in [0.29, 0.717) is 18.5 Å². The third kappa shape index (κ3) is 4.30. The monoisotopic (exact) mass is 511 g/mol. The van der Waals surface area contributed by atoms with E-state index < -0.39 is 5.66 Å². The molecule has 1 unspecified atom stereocenters. The number of aryl methyl sites for hydroxylation is 1. The Morgan fingerprint density at radius 3 is 2.68 bits per heavy atom. The molecule has 0 radical (unpaired) electrons. The van der Waals surface area contributed by atoms with E-state index in [9.17, 15) is 9.59 Å². The van der Waals surface area contributed by atoms with Gasteiger partial charge >= 0.3 is 5.97 Å². The molecule has 0 bridgehead atoms. The van der Waals surface area contributed by atoms with Gasteiger partial charge in [0.25, 0.3) is 0 Å². The number of carbonyl (C=O) groups is 2. The zero-order valence-corrected chi connectivity index (χ0v) is 22.0. The third-order valence-electron chi connectivity index (χ3n) is 8.18. The van der Waals surface area contributed by atoms with Crippen molar-refractivity contribution in [1.82, 2.24) is 4.57 Å². The molecule has 1 aliphatic carbocycles. The van der Waals surface area contributed by atoms with Gasteiger partial charge in [0.15, 0.2) is 0 Å². The van der Waals surface area contributed by atoms with Crippen LogP contribution in [0.1, 0.15) is 60.9 Å². The molecule has 3 aromatic rings. The fourth-order valence-electron chi connectivity index (χ4n) is 6.35. The Labute approximate surface area is 223 Å². The standard InChI is InChI=1S/C31H35N4O3/c1-32-18-19-33(23-32)20-21-38-30(37)25-12-13-27-28(22-25)35-29(36)14-16-31(35,26-10-6-3-7-11-26)34(27)17-15-24-8-4-2-5-9-24/h3,6-8,10-13,18-19,22-23H,2,4-5,9,14-17,20-21H2,1H3/q+1. The summed E-state index contributed by atoms with van der Waals surface area (Å²) in [5.41, 5.74) is 4.35. The first-order valence-corrected chi connectivity index (χ1v) is 13.7. The summed E-state index contributed by atoms with van der Waals surface area (Å²) in [6, 6.07) is 16.1. The van der Waals surface area contributed by atoms with Crippen LogP contribution in [0.4, 0.5) is 11.4 Å². The molecular weight excluding hydrogens is 476 g/mol. The minimum absolute atomic E-state index is 0.0977. The second-order valence-electron chi connectivity index (χ2n) is 10.6. The minimum Gasteiger partial charge on any atom is -0.458 e. The Bertz CT molecular complexity index is 1380. The van der Waals surface area contributed by atoms with Gasteiger partial charge in [-0.05, 0) is 55.9 Å². The highest BCUT2D eigenvalue weighted by Crippen LogP contribution is 2.56. The van der Waals surface area contributed by atoms with E-state index in [0.717, 1.165) is 49.2 Å². The first kappa shape index (κ1) is 24.5. The van der Waals surface area contributed by atoms with Gasteiger partial charge in [-0.2, -0.15) is 0 Å². The number of rotatable bonds is 8. The molecule has 0 saturated carbocycles. The summed E-state index contributed by atoms with van der Waals surface area (Å²) in [4.78, 5) is 30.8. The summed E-state index contributed by atoms with van der Waals surface area (Å²) in [7, 11) is 1.96. The highest BCUT2D eigenvalue weighted by Gasteiger charge is 2.57. The van der Waals surface area contributed by atoms with Crippen LogP contribution in [0, 0.1) is 0 Å². The zero-order valence-electron chi connectivity index (χ0n) is 22.0. The van der Waals surface area contributed by atoms with Crippen molar-refractivity contribution in [2.75, 3.05) is 23.0 Å². The molecule has 1 fully saturated rings. The van der Waals surface area contributed by atoms with E-state index in [-0.39, 0.29) is 18.5 Å². The molecule has 6 rings (SSSR count). The largest absolute Gasteiger partial charge is 0.458 e. The van der Waals surface area contributed by atoms with Crippen LogP contribution in [-0.4, -0.2) is 29.6 Å². The number of amides is 1. The van der Waals surface area contributed by atoms with Gasteiger partial charge in [0.1, 0.15) is 31.2 Å². The summed E-state index contributed by atoms with van der Waals surface area (Å²) in [6.07, 6.45) is 15.3. The van der Waals surface area contributed by atoms with Crippen LogP contribution in [0.25, 0.3) is 0 Å². The predicted molar refractivity (Wildman–Crippen MR) is 146 cm³/mol. The molecule has 7 heteroatoms. The van der Waals surface area contributed by atoms with Crippen molar-refractivity contribution < 1.29 is 18.9 Å². The molecule has 7 nitrogen and oxygen atoms in total. The molecule has 38 heavy (non-hydrogen) atoms. The van der Waals surface area contributed by atoms with E-state index >= 15 is 0 Å². The van der Waals surface area contributed by atoms with Gasteiger partial charge in [-0.1, -0.05) is 42.0 Å². The van der Waals surface area contributed by atoms with E-state index in [1.54, 1.807) is 0 Å². The minimum atomic E-state index is -0.567. The van der Waals surface area contributed by atoms with Crippen LogP contribution < -0.4 is 14.4 Å². The molecule has 1 amide bonds. The van der Waals surface area contributed by atoms with Crippen molar-refractivity contribution >= 4 is 23.3 Å². The second kappa shape index (κ2) is 10.1. The van der Waals surface area contributed by atoms with E-state index in [4.69, 9.17) is 4.74 Å². The molecule has 0 N–H and O–H groups in total. The lowest BCUT2D eigenvalue weighted by molar-refractivity contribution is -0.671. The van der Waals surface area contributed by atoms with Crippen LogP contribution in [0.15, 0.2) is 78.9 Å². The SMILES string of the molecule is C[n+]1ccn(CCOC(=O)c2ccc3c(c2)N2C(=O)CCC2(c2ccccc2)N3CCC2=CCCCC2)c1. The lowest BCUT2D eigenvalue weighted by atomic mass is 9.93. The molecular formula is C31H35N4O3+. The molecule has 3 aliphatic rings. The predicted octanol–water partition coefficient (Wildman–Crippen LogP) is 4.86. The van der Waals surface area contributed by atoms with E-state index in [1.807, 2.05) is 76.2 Å². The van der Waals surface area contributed by atoms with Crippen LogP contribution in [0.2, 0.25) is 0 Å². The van der Waals surface area contributed by atoms with E-state index in [2.05, 4.69) is 23.1 Å². The van der Waals surface area contributed by atoms with Gasteiger partial charge in [-0.25, -0.2) is 13.9 Å². The highest BCUT2D eigenvalue weighted by atomic mass is 16.5. The van der Waals surface area contributed by atoms with Crippen molar-refractivity contribution in [2.24, 2.45) is 7.05 Å². The quantitative estimate of drug-likeness (QED) is 0.246. The number of hydrogen-bond acceptors (Lipinski definition) is 4. The number of benzene rings is 2. The van der Waals surface area contributed by atoms with Crippen molar-refractivity contribution in [3.05, 3.63) is 90.0 Å². The summed E-state index contributed by atoms with van der Waals surface area (Å²) in [5, 5.41) is 0. The number of fused-ring (bicyclic) bond motifs is 3. The Morgan fingerprint density at radius 1 is 1.05 bits per heavy atom. The second-order valence-corrected chi connectivity index (χ2v) is 10.6. The van der Waals surface area contributed by atoms with Crippen molar-refractivity contribution in [1.29, 1.82) is 0 Å². The van der Waals surface area contributed by atoms with E-state index in [1.165, 1.54) is 18.4 Å².